The number of ether oxygens (including phenoxy) is 5. The van der Waals surface area contributed by atoms with Crippen LogP contribution in [0.1, 0.15) is 18.7 Å². The maximum absolute atomic E-state index is 13.6. The molecule has 0 bridgehead atoms. The Labute approximate surface area is 427 Å². The molecule has 0 aromatic carbocycles. The van der Waals surface area contributed by atoms with Gasteiger partial charge in [-0.05, 0) is 0 Å². The monoisotopic (exact) mass is 1170 g/mol. The Kier molecular flexibility index (Phi) is 15.6. The van der Waals surface area contributed by atoms with Gasteiger partial charge in [-0.3, -0.25) is 51.3 Å². The molecule has 3 fully saturated rings. The first-order valence-electron chi connectivity index (χ1n) is 21.5. The molecule has 76 heavy (non-hydrogen) atoms. The molecule has 43 heteroatoms. The normalized spacial score (nSPS) is 30.2. The van der Waals surface area contributed by atoms with E-state index < -0.39 is 135 Å². The lowest BCUT2D eigenvalue weighted by Crippen LogP contribution is -2.46. The van der Waals surface area contributed by atoms with Crippen molar-refractivity contribution in [1.82, 2.24) is 53.6 Å². The number of H-pyrrole nitrogens is 2. The van der Waals surface area contributed by atoms with E-state index in [0.29, 0.717) is 0 Å². The van der Waals surface area contributed by atoms with E-state index in [9.17, 15) is 58.2 Å². The van der Waals surface area contributed by atoms with E-state index in [1.165, 1.54) is 27.1 Å². The Morgan fingerprint density at radius 2 is 1.32 bits per heavy atom. The lowest BCUT2D eigenvalue weighted by molar-refractivity contribution is -0.745. The van der Waals surface area contributed by atoms with Crippen LogP contribution in [0, 0.1) is 0 Å². The molecule has 0 amide bonds. The molecule has 3 aliphatic rings. The molecule has 9 heterocycles. The van der Waals surface area contributed by atoms with Crippen LogP contribution in [0.5, 0.6) is 0 Å². The topological polar surface area (TPSA) is 545 Å². The van der Waals surface area contributed by atoms with Crippen LogP contribution < -0.4 is 52.5 Å². The molecule has 11 N–H and O–H groups in total. The molecule has 3 saturated heterocycles. The minimum absolute atomic E-state index is 0.00875. The van der Waals surface area contributed by atoms with Crippen molar-refractivity contribution >= 4 is 93.2 Å². The maximum Gasteiger partial charge on any atom is 0.313 e. The second-order valence-corrected chi connectivity index (χ2v) is 23.8. The van der Waals surface area contributed by atoms with Gasteiger partial charge in [-0.25, -0.2) is 28.8 Å². The number of nitrogens with zero attached hydrogens (tertiary/aromatic N) is 10. The molecule has 0 aliphatic carbocycles. The summed E-state index contributed by atoms with van der Waals surface area (Å²) in [5.74, 6) is -0.688. The number of fused-ring (bicyclic) bond motifs is 3. The number of methoxy groups -OCH3 is 2. The average Bonchev–Trinajstić information content (AvgIpc) is 4.20. The van der Waals surface area contributed by atoms with E-state index >= 15 is 0 Å². The van der Waals surface area contributed by atoms with Crippen LogP contribution in [0.15, 0.2) is 34.9 Å². The van der Waals surface area contributed by atoms with Gasteiger partial charge >= 0.3 is 5.65 Å². The van der Waals surface area contributed by atoms with Gasteiger partial charge in [-0.2, -0.15) is 4.98 Å². The van der Waals surface area contributed by atoms with Gasteiger partial charge in [0.05, 0.1) is 39.5 Å². The molecule has 6 aromatic rings. The van der Waals surface area contributed by atoms with Crippen molar-refractivity contribution in [1.29, 1.82) is 0 Å². The first-order valence-corrected chi connectivity index (χ1v) is 28.4. The van der Waals surface area contributed by atoms with Gasteiger partial charge in [-0.1, -0.05) is 16.8 Å². The fraction of sp³-hybridized carbons (Fsp3) is 0.545. The van der Waals surface area contributed by atoms with Gasteiger partial charge in [0.15, 0.2) is 41.4 Å². The highest BCUT2D eigenvalue weighted by molar-refractivity contribution is 8.07. The van der Waals surface area contributed by atoms with Gasteiger partial charge in [-0.15, -0.1) is 0 Å². The van der Waals surface area contributed by atoms with E-state index in [-0.39, 0.29) is 51.2 Å². The van der Waals surface area contributed by atoms with Crippen LogP contribution in [0.4, 0.5) is 17.7 Å². The molecular formula is C33H42N15O23P4S-3. The predicted molar refractivity (Wildman–Crippen MR) is 242 cm³/mol. The number of aliphatic hydroxyl groups excluding tert-OH is 3. The summed E-state index contributed by atoms with van der Waals surface area (Å²) >= 11 is 4.69. The Morgan fingerprint density at radius 1 is 0.711 bits per heavy atom. The fourth-order valence-corrected chi connectivity index (χ4v) is 13.8. The minimum Gasteiger partial charge on any atom is -0.779 e. The highest BCUT2D eigenvalue weighted by atomic mass is 32.5. The third-order valence-corrected chi connectivity index (χ3v) is 17.8. The Balaban J connectivity index is 0.866. The second kappa shape index (κ2) is 21.1. The van der Waals surface area contributed by atoms with Crippen LogP contribution >= 0.6 is 30.2 Å². The third kappa shape index (κ3) is 11.1. The number of phosphoric acid groups is 3. The summed E-state index contributed by atoms with van der Waals surface area (Å²) in [6, 6.07) is 0. The largest absolute Gasteiger partial charge is 0.779 e. The lowest BCUT2D eigenvalue weighted by atomic mass is 10.1. The summed E-state index contributed by atoms with van der Waals surface area (Å²) in [5.41, 5.74) is 15.6. The van der Waals surface area contributed by atoms with Crippen LogP contribution in [0.3, 0.4) is 0 Å². The number of aromatic amines is 2. The highest BCUT2D eigenvalue weighted by Crippen LogP contribution is 2.63. The molecule has 9 rings (SSSR count). The molecule has 38 nitrogen and oxygen atoms in total. The van der Waals surface area contributed by atoms with Crippen molar-refractivity contribution in [2.45, 2.75) is 73.6 Å². The van der Waals surface area contributed by atoms with Crippen LogP contribution in [-0.4, -0.2) is 158 Å². The number of rotatable bonds is 20. The first-order chi connectivity index (χ1) is 35.7. The predicted octanol–water partition coefficient (Wildman–Crippen LogP) is -6.47. The summed E-state index contributed by atoms with van der Waals surface area (Å²) in [6.45, 7) is -8.61. The van der Waals surface area contributed by atoms with Crippen LogP contribution in [0.25, 0.3) is 33.5 Å². The summed E-state index contributed by atoms with van der Waals surface area (Å²) in [7, 11) is -14.6. The summed E-state index contributed by atoms with van der Waals surface area (Å²) in [5, 5.41) is 32.8. The third-order valence-electron chi connectivity index (χ3n) is 11.8. The number of aliphatic hydroxyl groups is 3. The van der Waals surface area contributed by atoms with Crippen molar-refractivity contribution in [3.8, 4) is 0 Å². The number of aromatic nitrogens is 12. The Morgan fingerprint density at radius 3 is 2.03 bits per heavy atom. The molecular weight excluding hydrogens is 1130 g/mol. The smallest absolute Gasteiger partial charge is 0.313 e. The second-order valence-electron chi connectivity index (χ2n) is 16.6. The number of nitrogen functional groups attached to an aromatic ring is 3. The van der Waals surface area contributed by atoms with Gasteiger partial charge in [0.1, 0.15) is 73.5 Å². The maximum atomic E-state index is 13.6. The van der Waals surface area contributed by atoms with Crippen LogP contribution in [0.2, 0.25) is 0 Å². The van der Waals surface area contributed by atoms with E-state index in [1.54, 1.807) is 0 Å². The Hall–Kier alpha value is -4.73. The zero-order valence-electron chi connectivity index (χ0n) is 38.8. The summed E-state index contributed by atoms with van der Waals surface area (Å²) in [6.07, 6.45) is -14.8. The fourth-order valence-electron chi connectivity index (χ4n) is 8.54. The highest BCUT2D eigenvalue weighted by Gasteiger charge is 2.52. The number of nitrogens with two attached hydrogens (primary N) is 3. The molecule has 7 unspecified atom stereocenters. The number of imidazole rings is 3. The van der Waals surface area contributed by atoms with E-state index in [1.807, 2.05) is 0 Å². The van der Waals surface area contributed by atoms with Gasteiger partial charge in [0, 0.05) is 14.2 Å². The lowest BCUT2D eigenvalue weighted by Gasteiger charge is -2.37. The first kappa shape index (κ1) is 56.0. The Bertz CT molecular complexity index is 3490. The zero-order chi connectivity index (χ0) is 55.0. The number of phosphoric ester groups is 2. The molecule has 0 radical (unpaired) electrons. The van der Waals surface area contributed by atoms with Crippen molar-refractivity contribution in [2.24, 2.45) is 7.05 Å². The quantitative estimate of drug-likeness (QED) is 0.0260. The standard InChI is InChI=1S/C33H45N15O23P4S/c1-45-10-48(26-16(45)28(53)44-33(36)42-26)30-19(51)20(61-2)12(67-30)6-65-75(60,76)71-74(58,59)70-73(56,57)64-5-13-21(22(62-3)31(68-13)46-8-39-14-23(34)37-7-38-24(14)46)69-72(54,55)63-4-11-17(49)18(50)29(66-11)47-9-40-15-25(47)41-32(35)43-27(15)52/h7-13,17-22,29-31,49-51H,4-6H2,1-3H3,(H11-,34,35,36,37,38,41,42,43,44,52,53,54,55,56,57,58,59,60,76)/p-3/t11-,12-,13-,17?,18+,19?,20+,21?,22+,29-,30-,31-,75?/m1/s1. The van der Waals surface area contributed by atoms with Crippen molar-refractivity contribution in [2.75, 3.05) is 51.2 Å². The summed E-state index contributed by atoms with van der Waals surface area (Å²) in [4.78, 5) is 106. The van der Waals surface area contributed by atoms with Gasteiger partial charge < -0.3 is 93.9 Å². The number of hydrogen-bond acceptors (Lipinski definition) is 33. The van der Waals surface area contributed by atoms with Crippen molar-refractivity contribution in [3.63, 3.8) is 0 Å². The van der Waals surface area contributed by atoms with E-state index in [0.717, 1.165) is 37.8 Å². The number of aryl methyl sites for hydroxylation is 1. The van der Waals surface area contributed by atoms with Gasteiger partial charge in [0.25, 0.3) is 40.5 Å². The molecule has 6 aromatic heterocycles. The van der Waals surface area contributed by atoms with Crippen molar-refractivity contribution < 1.29 is 104 Å². The zero-order valence-corrected chi connectivity index (χ0v) is 43.2. The minimum atomic E-state index is -6.36. The molecule has 16 atom stereocenters. The number of hydrogen-bond donors (Lipinski definition) is 8. The molecule has 0 saturated carbocycles. The molecule has 0 spiro atoms. The SMILES string of the molecule is CO[C@@H]1C(O)[C@H]([n+]2cn(C)c3c(=O)[nH]c(N)nc32)O[C@@H]1COP([O-])(=S)OP(=O)([O-])OP(=O)([O-])OC[C@H]1O[C@@H](n2cnc3c(N)ncnc32)[C@@H](OC)C1OP(=O)([O-])OC[C@H]1O[C@@H](n2cnc3c(=O)[nH]c(N)nc32)[C@@H](O)C1O. The summed E-state index contributed by atoms with van der Waals surface area (Å²) < 4.78 is 101. The van der Waals surface area contributed by atoms with Crippen molar-refractivity contribution in [3.05, 3.63) is 46.0 Å². The number of anilines is 3. The number of nitrogens with one attached hydrogen (secondary N) is 2. The van der Waals surface area contributed by atoms with E-state index in [2.05, 4.69) is 48.5 Å². The average molecular weight is 1170 g/mol. The molecule has 416 valence electrons. The van der Waals surface area contributed by atoms with Gasteiger partial charge in [0.2, 0.25) is 17.7 Å². The molecule has 3 aliphatic heterocycles. The van der Waals surface area contributed by atoms with Crippen LogP contribution in [-0.2, 0) is 83.0 Å². The van der Waals surface area contributed by atoms with E-state index in [4.69, 9.17) is 70.8 Å².